The Hall–Kier alpha value is -2.79. The van der Waals surface area contributed by atoms with E-state index in [0.29, 0.717) is 41.8 Å². The third kappa shape index (κ3) is 2.48. The molecule has 0 aliphatic carbocycles. The molecule has 128 valence electrons. The Morgan fingerprint density at radius 1 is 1.48 bits per heavy atom. The van der Waals surface area contributed by atoms with Gasteiger partial charge in [-0.25, -0.2) is 9.78 Å². The van der Waals surface area contributed by atoms with Crippen molar-refractivity contribution < 1.29 is 14.3 Å². The maximum atomic E-state index is 12.2. The van der Waals surface area contributed by atoms with Crippen LogP contribution in [0.5, 0.6) is 5.75 Å². The Labute approximate surface area is 148 Å². The van der Waals surface area contributed by atoms with Crippen LogP contribution in [0.15, 0.2) is 12.1 Å². The van der Waals surface area contributed by atoms with Gasteiger partial charge in [0.2, 0.25) is 5.91 Å². The molecule has 2 aliphatic rings. The van der Waals surface area contributed by atoms with Crippen molar-refractivity contribution in [3.63, 3.8) is 0 Å². The minimum Gasteiger partial charge on any atom is -0.489 e. The number of fused-ring (bicyclic) bond motifs is 3. The van der Waals surface area contributed by atoms with Crippen molar-refractivity contribution >= 4 is 44.3 Å². The average Bonchev–Trinajstić information content (AvgIpc) is 3.17. The largest absolute Gasteiger partial charge is 0.489 e. The molecule has 1 aromatic heterocycles. The minimum absolute atomic E-state index is 0.0553. The zero-order valence-corrected chi connectivity index (χ0v) is 14.6. The molecule has 8 heteroatoms. The lowest BCUT2D eigenvalue weighted by atomic mass is 10.2. The first-order valence-electron chi connectivity index (χ1n) is 7.94. The first-order chi connectivity index (χ1) is 12.1. The van der Waals surface area contributed by atoms with Crippen LogP contribution in [0.3, 0.4) is 0 Å². The molecule has 1 atom stereocenters. The van der Waals surface area contributed by atoms with E-state index in [2.05, 4.69) is 22.1 Å². The number of hydrogen-bond acceptors (Lipinski definition) is 5. The van der Waals surface area contributed by atoms with Crippen LogP contribution in [0.25, 0.3) is 10.2 Å². The number of nitrogens with one attached hydrogen (secondary N) is 1. The normalized spacial score (nSPS) is 19.1. The number of aromatic nitrogens is 1. The molecule has 1 saturated heterocycles. The van der Waals surface area contributed by atoms with E-state index < -0.39 is 0 Å². The number of ether oxygens (including phenoxy) is 1. The van der Waals surface area contributed by atoms with Crippen LogP contribution in [-0.4, -0.2) is 42.7 Å². The zero-order valence-electron chi connectivity index (χ0n) is 13.8. The molecule has 3 heterocycles. The number of hydrogen-bond donors (Lipinski definition) is 1. The van der Waals surface area contributed by atoms with Crippen molar-refractivity contribution in [1.29, 1.82) is 0 Å². The maximum absolute atomic E-state index is 12.2. The monoisotopic (exact) mass is 356 g/mol. The number of benzene rings is 1. The smallest absolute Gasteiger partial charge is 0.324 e. The molecule has 0 spiro atoms. The van der Waals surface area contributed by atoms with Gasteiger partial charge in [-0.05, 0) is 19.1 Å². The Morgan fingerprint density at radius 2 is 2.32 bits per heavy atom. The summed E-state index contributed by atoms with van der Waals surface area (Å²) in [6, 6.07) is 3.31. The molecule has 1 fully saturated rings. The summed E-state index contributed by atoms with van der Waals surface area (Å²) >= 11 is 1.41. The van der Waals surface area contributed by atoms with Gasteiger partial charge in [0.15, 0.2) is 5.13 Å². The van der Waals surface area contributed by atoms with Gasteiger partial charge < -0.3 is 15.0 Å². The summed E-state index contributed by atoms with van der Waals surface area (Å²) in [6.07, 6.45) is 0. The van der Waals surface area contributed by atoms with Crippen LogP contribution in [0.2, 0.25) is 0 Å². The van der Waals surface area contributed by atoms with Crippen LogP contribution in [-0.2, 0) is 4.79 Å². The predicted octanol–water partition coefficient (Wildman–Crippen LogP) is 1.96. The van der Waals surface area contributed by atoms with E-state index in [1.54, 1.807) is 16.7 Å². The van der Waals surface area contributed by atoms with Gasteiger partial charge in [-0.15, -0.1) is 5.92 Å². The summed E-state index contributed by atoms with van der Waals surface area (Å²) < 4.78 is 6.58. The van der Waals surface area contributed by atoms with E-state index in [4.69, 9.17) is 4.74 Å². The highest BCUT2D eigenvalue weighted by Gasteiger charge is 2.34. The molecule has 1 N–H and O–H groups in total. The fraction of sp³-hybridized carbons (Fsp3) is 0.353. The van der Waals surface area contributed by atoms with Crippen molar-refractivity contribution in [2.24, 2.45) is 0 Å². The number of nitrogens with zero attached hydrogens (tertiary/aromatic N) is 3. The SMILES string of the molecule is CC#CC1CNC(=O)N1c1nc2c3c(ccc2s1)OCCN3C(C)=O. The Bertz CT molecular complexity index is 942. The number of rotatable bonds is 1. The van der Waals surface area contributed by atoms with E-state index >= 15 is 0 Å². The number of carbonyl (C=O) groups is 2. The fourth-order valence-corrected chi connectivity index (χ4v) is 4.13. The van der Waals surface area contributed by atoms with Gasteiger partial charge in [-0.3, -0.25) is 9.69 Å². The molecule has 1 aromatic carbocycles. The highest BCUT2D eigenvalue weighted by Crippen LogP contribution is 2.42. The van der Waals surface area contributed by atoms with Crippen LogP contribution in [0.4, 0.5) is 15.6 Å². The molecule has 25 heavy (non-hydrogen) atoms. The molecule has 0 radical (unpaired) electrons. The lowest BCUT2D eigenvalue weighted by Gasteiger charge is -2.28. The molecule has 4 rings (SSSR count). The Balaban J connectivity index is 1.86. The zero-order chi connectivity index (χ0) is 17.6. The van der Waals surface area contributed by atoms with Crippen LogP contribution in [0, 0.1) is 11.8 Å². The van der Waals surface area contributed by atoms with Crippen LogP contribution < -0.4 is 19.9 Å². The topological polar surface area (TPSA) is 74.8 Å². The third-order valence-electron chi connectivity index (χ3n) is 4.20. The first kappa shape index (κ1) is 15.7. The fourth-order valence-electron chi connectivity index (χ4n) is 3.11. The number of urea groups is 1. The standard InChI is InChI=1S/C17H16N4O3S/c1-3-4-11-9-18-16(23)21(11)17-19-14-13(25-17)6-5-12-15(14)20(10(2)22)7-8-24-12/h5-6,11H,7-9H2,1-2H3,(H,18,23). The summed E-state index contributed by atoms with van der Waals surface area (Å²) in [5.74, 6) is 6.47. The van der Waals surface area contributed by atoms with E-state index in [-0.39, 0.29) is 18.0 Å². The molecule has 2 aliphatic heterocycles. The highest BCUT2D eigenvalue weighted by molar-refractivity contribution is 7.22. The molecule has 7 nitrogen and oxygen atoms in total. The quantitative estimate of drug-likeness (QED) is 0.793. The summed E-state index contributed by atoms with van der Waals surface area (Å²) in [5, 5.41) is 3.37. The van der Waals surface area contributed by atoms with Gasteiger partial charge in [0, 0.05) is 6.92 Å². The number of anilines is 2. The van der Waals surface area contributed by atoms with Gasteiger partial charge in [-0.2, -0.15) is 0 Å². The Kier molecular flexibility index (Phi) is 3.73. The summed E-state index contributed by atoms with van der Waals surface area (Å²) in [6.45, 7) is 4.69. The first-order valence-corrected chi connectivity index (χ1v) is 8.75. The van der Waals surface area contributed by atoms with E-state index in [0.717, 1.165) is 4.70 Å². The second kappa shape index (κ2) is 5.93. The van der Waals surface area contributed by atoms with E-state index in [1.165, 1.54) is 18.3 Å². The lowest BCUT2D eigenvalue weighted by molar-refractivity contribution is -0.116. The van der Waals surface area contributed by atoms with E-state index in [1.807, 2.05) is 12.1 Å². The van der Waals surface area contributed by atoms with Gasteiger partial charge in [0.1, 0.15) is 29.6 Å². The second-order valence-corrected chi connectivity index (χ2v) is 6.75. The van der Waals surface area contributed by atoms with Crippen molar-refractivity contribution in [2.75, 3.05) is 29.5 Å². The molecular formula is C17H16N4O3S. The molecule has 2 aromatic rings. The van der Waals surface area contributed by atoms with Gasteiger partial charge in [0.05, 0.1) is 17.8 Å². The predicted molar refractivity (Wildman–Crippen MR) is 96.3 cm³/mol. The number of amides is 3. The molecule has 1 unspecified atom stereocenters. The lowest BCUT2D eigenvalue weighted by Crippen LogP contribution is -2.36. The van der Waals surface area contributed by atoms with Gasteiger partial charge in [0.25, 0.3) is 0 Å². The second-order valence-electron chi connectivity index (χ2n) is 5.74. The average molecular weight is 356 g/mol. The molecular weight excluding hydrogens is 340 g/mol. The van der Waals surface area contributed by atoms with Gasteiger partial charge >= 0.3 is 6.03 Å². The molecule has 0 saturated carbocycles. The number of thiazole rings is 1. The minimum atomic E-state index is -0.242. The van der Waals surface area contributed by atoms with Gasteiger partial charge in [-0.1, -0.05) is 17.3 Å². The number of carbonyl (C=O) groups excluding carboxylic acids is 2. The maximum Gasteiger partial charge on any atom is 0.324 e. The Morgan fingerprint density at radius 3 is 3.08 bits per heavy atom. The summed E-state index contributed by atoms with van der Waals surface area (Å²) in [5.41, 5.74) is 1.35. The van der Waals surface area contributed by atoms with Crippen molar-refractivity contribution in [3.8, 4) is 17.6 Å². The van der Waals surface area contributed by atoms with Crippen LogP contribution >= 0.6 is 11.3 Å². The van der Waals surface area contributed by atoms with Crippen molar-refractivity contribution in [3.05, 3.63) is 12.1 Å². The van der Waals surface area contributed by atoms with Crippen molar-refractivity contribution in [2.45, 2.75) is 19.9 Å². The van der Waals surface area contributed by atoms with Crippen LogP contribution in [0.1, 0.15) is 13.8 Å². The highest BCUT2D eigenvalue weighted by atomic mass is 32.1. The van der Waals surface area contributed by atoms with Crippen molar-refractivity contribution in [1.82, 2.24) is 10.3 Å². The molecule has 0 bridgehead atoms. The summed E-state index contributed by atoms with van der Waals surface area (Å²) in [4.78, 5) is 32.2. The van der Waals surface area contributed by atoms with E-state index in [9.17, 15) is 9.59 Å². The summed E-state index contributed by atoms with van der Waals surface area (Å²) in [7, 11) is 0. The third-order valence-corrected chi connectivity index (χ3v) is 5.22. The molecule has 3 amide bonds.